The Labute approximate surface area is 270 Å². The molecule has 44 heavy (non-hydrogen) atoms. The topological polar surface area (TPSA) is 96.0 Å². The number of hydrogen-bond acceptors (Lipinski definition) is 5. The molecule has 11 heteroatoms. The number of nitrogens with zero attached hydrogens (tertiary/aromatic N) is 2. The highest BCUT2D eigenvalue weighted by atomic mass is 35.5. The van der Waals surface area contributed by atoms with Crippen LogP contribution >= 0.6 is 23.2 Å². The highest BCUT2D eigenvalue weighted by molar-refractivity contribution is 7.92. The first-order chi connectivity index (χ1) is 21.1. The lowest BCUT2D eigenvalue weighted by Crippen LogP contribution is -2.52. The Hall–Kier alpha value is -3.27. The van der Waals surface area contributed by atoms with Gasteiger partial charge in [-0.25, -0.2) is 8.42 Å². The molecular weight excluding hydrogens is 621 g/mol. The van der Waals surface area contributed by atoms with Crippen molar-refractivity contribution in [2.45, 2.75) is 63.6 Å². The van der Waals surface area contributed by atoms with E-state index in [1.54, 1.807) is 47.4 Å². The van der Waals surface area contributed by atoms with E-state index in [9.17, 15) is 18.0 Å². The van der Waals surface area contributed by atoms with Gasteiger partial charge in [0.15, 0.2) is 0 Å². The number of carbonyl (C=O) groups excluding carboxylic acids is 2. The Bertz CT molecular complexity index is 1530. The molecule has 3 aromatic carbocycles. The van der Waals surface area contributed by atoms with Gasteiger partial charge in [0.2, 0.25) is 21.8 Å². The van der Waals surface area contributed by atoms with E-state index in [1.807, 2.05) is 30.3 Å². The minimum absolute atomic E-state index is 0.0183. The Morgan fingerprint density at radius 3 is 2.30 bits per heavy atom. The molecular formula is C33H39Cl2N3O5S. The van der Waals surface area contributed by atoms with Crippen molar-refractivity contribution in [2.24, 2.45) is 0 Å². The third kappa shape index (κ3) is 9.13. The molecule has 1 aliphatic rings. The first-order valence-corrected chi connectivity index (χ1v) is 17.4. The van der Waals surface area contributed by atoms with E-state index in [4.69, 9.17) is 27.9 Å². The highest BCUT2D eigenvalue weighted by Gasteiger charge is 2.32. The van der Waals surface area contributed by atoms with Crippen LogP contribution in [0.5, 0.6) is 5.75 Å². The summed E-state index contributed by atoms with van der Waals surface area (Å²) >= 11 is 12.5. The molecule has 2 amide bonds. The minimum atomic E-state index is -3.67. The van der Waals surface area contributed by atoms with Crippen molar-refractivity contribution >= 4 is 50.7 Å². The Kier molecular flexibility index (Phi) is 11.9. The van der Waals surface area contributed by atoms with Crippen molar-refractivity contribution in [3.63, 3.8) is 0 Å². The van der Waals surface area contributed by atoms with Crippen molar-refractivity contribution in [2.75, 3.05) is 24.2 Å². The van der Waals surface area contributed by atoms with Gasteiger partial charge in [-0.2, -0.15) is 0 Å². The zero-order valence-corrected chi connectivity index (χ0v) is 27.4. The SMILES string of the molecule is COc1ccccc1N(CCCC(=O)N(Cc1ccc(Cl)c(Cl)c1)[C@@H](Cc1ccccc1)C(=O)NC1CCCC1)S(C)(=O)=O. The predicted molar refractivity (Wildman–Crippen MR) is 176 cm³/mol. The molecule has 3 aromatic rings. The minimum Gasteiger partial charge on any atom is -0.495 e. The quantitative estimate of drug-likeness (QED) is 0.221. The number of para-hydroxylation sites is 2. The molecule has 0 heterocycles. The van der Waals surface area contributed by atoms with Crippen molar-refractivity contribution in [1.29, 1.82) is 0 Å². The first kappa shape index (κ1) is 33.6. The maximum Gasteiger partial charge on any atom is 0.243 e. The van der Waals surface area contributed by atoms with Gasteiger partial charge in [-0.1, -0.05) is 84.6 Å². The Balaban J connectivity index is 1.61. The standard InChI is InChI=1S/C33H39Cl2N3O5S/c1-43-31-16-9-8-15-29(31)38(44(2,41)42)20-10-17-32(39)37(23-25-18-19-27(34)28(35)21-25)30(22-24-11-4-3-5-12-24)33(40)36-26-13-6-7-14-26/h3-5,8-9,11-12,15-16,18-19,21,26,30H,6-7,10,13-14,17,20,22-23H2,1-2H3,(H,36,40)/t30-/m0/s1. The fourth-order valence-corrected chi connectivity index (χ4v) is 6.86. The summed E-state index contributed by atoms with van der Waals surface area (Å²) < 4.78 is 32.2. The summed E-state index contributed by atoms with van der Waals surface area (Å²) in [6, 6.07) is 20.9. The van der Waals surface area contributed by atoms with Crippen LogP contribution in [-0.2, 0) is 32.6 Å². The number of amides is 2. The van der Waals surface area contributed by atoms with Crippen LogP contribution in [0.2, 0.25) is 10.0 Å². The van der Waals surface area contributed by atoms with Gasteiger partial charge in [-0.15, -0.1) is 0 Å². The number of methoxy groups -OCH3 is 1. The molecule has 0 spiro atoms. The largest absolute Gasteiger partial charge is 0.495 e. The predicted octanol–water partition coefficient (Wildman–Crippen LogP) is 6.25. The van der Waals surface area contributed by atoms with Gasteiger partial charge >= 0.3 is 0 Å². The van der Waals surface area contributed by atoms with Crippen LogP contribution in [0.3, 0.4) is 0 Å². The summed E-state index contributed by atoms with van der Waals surface area (Å²) in [6.07, 6.45) is 5.63. The lowest BCUT2D eigenvalue weighted by atomic mass is 10.0. The summed E-state index contributed by atoms with van der Waals surface area (Å²) in [5.41, 5.74) is 2.05. The van der Waals surface area contributed by atoms with Crippen molar-refractivity contribution in [3.8, 4) is 5.75 Å². The van der Waals surface area contributed by atoms with Crippen molar-refractivity contribution in [3.05, 3.63) is 94.0 Å². The maximum absolute atomic E-state index is 14.1. The molecule has 1 fully saturated rings. The Morgan fingerprint density at radius 1 is 0.955 bits per heavy atom. The summed E-state index contributed by atoms with van der Waals surface area (Å²) in [6.45, 7) is 0.191. The zero-order valence-electron chi connectivity index (χ0n) is 25.0. The second kappa shape index (κ2) is 15.6. The van der Waals surface area contributed by atoms with Gasteiger partial charge in [0.1, 0.15) is 11.8 Å². The normalized spacial score (nSPS) is 14.2. The second-order valence-corrected chi connectivity index (χ2v) is 13.8. The second-order valence-electron chi connectivity index (χ2n) is 11.1. The monoisotopic (exact) mass is 659 g/mol. The van der Waals surface area contributed by atoms with E-state index >= 15 is 0 Å². The van der Waals surface area contributed by atoms with E-state index in [-0.39, 0.29) is 43.8 Å². The van der Waals surface area contributed by atoms with Crippen LogP contribution in [0, 0.1) is 0 Å². The molecule has 0 aromatic heterocycles. The van der Waals surface area contributed by atoms with Crippen LogP contribution in [0.4, 0.5) is 5.69 Å². The average Bonchev–Trinajstić information content (AvgIpc) is 3.51. The molecule has 0 unspecified atom stereocenters. The zero-order chi connectivity index (χ0) is 31.7. The van der Waals surface area contributed by atoms with Crippen molar-refractivity contribution < 1.29 is 22.7 Å². The number of sulfonamides is 1. The molecule has 0 radical (unpaired) electrons. The van der Waals surface area contributed by atoms with Gasteiger partial charge in [-0.05, 0) is 54.7 Å². The summed E-state index contributed by atoms with van der Waals surface area (Å²) in [7, 11) is -2.19. The summed E-state index contributed by atoms with van der Waals surface area (Å²) in [4.78, 5) is 29.5. The highest BCUT2D eigenvalue weighted by Crippen LogP contribution is 2.30. The number of rotatable bonds is 14. The number of carbonyl (C=O) groups is 2. The molecule has 0 saturated heterocycles. The molecule has 8 nitrogen and oxygen atoms in total. The lowest BCUT2D eigenvalue weighted by molar-refractivity contribution is -0.141. The molecule has 1 atom stereocenters. The molecule has 4 rings (SSSR count). The van der Waals surface area contributed by atoms with Crippen molar-refractivity contribution in [1.82, 2.24) is 10.2 Å². The number of hydrogen-bond donors (Lipinski definition) is 1. The van der Waals surface area contributed by atoms with Crippen LogP contribution < -0.4 is 14.4 Å². The maximum atomic E-state index is 14.1. The van der Waals surface area contributed by atoms with Gasteiger partial charge in [0.25, 0.3) is 0 Å². The molecule has 1 N–H and O–H groups in total. The number of benzene rings is 3. The van der Waals surface area contributed by atoms with Crippen LogP contribution in [0.25, 0.3) is 0 Å². The number of halogens is 2. The number of anilines is 1. The summed E-state index contributed by atoms with van der Waals surface area (Å²) in [5.74, 6) is -0.0648. The first-order valence-electron chi connectivity index (χ1n) is 14.7. The van der Waals surface area contributed by atoms with Gasteiger partial charge in [0, 0.05) is 32.0 Å². The molecule has 0 aliphatic heterocycles. The van der Waals surface area contributed by atoms with E-state index < -0.39 is 16.1 Å². The number of ether oxygens (including phenoxy) is 1. The van der Waals surface area contributed by atoms with Crippen LogP contribution in [0.1, 0.15) is 49.7 Å². The lowest BCUT2D eigenvalue weighted by Gasteiger charge is -2.33. The average molecular weight is 661 g/mol. The van der Waals surface area contributed by atoms with E-state index in [0.717, 1.165) is 43.1 Å². The Morgan fingerprint density at radius 2 is 1.64 bits per heavy atom. The van der Waals surface area contributed by atoms with Gasteiger partial charge < -0.3 is 15.0 Å². The fourth-order valence-electron chi connectivity index (χ4n) is 5.57. The van der Waals surface area contributed by atoms with Crippen LogP contribution in [-0.4, -0.2) is 57.1 Å². The third-order valence-corrected chi connectivity index (χ3v) is 9.73. The van der Waals surface area contributed by atoms with E-state index in [1.165, 1.54) is 11.4 Å². The molecule has 1 aliphatic carbocycles. The van der Waals surface area contributed by atoms with E-state index in [2.05, 4.69) is 5.32 Å². The molecule has 236 valence electrons. The fraction of sp³-hybridized carbons (Fsp3) is 0.394. The van der Waals surface area contributed by atoms with Crippen LogP contribution in [0.15, 0.2) is 72.8 Å². The smallest absolute Gasteiger partial charge is 0.243 e. The van der Waals surface area contributed by atoms with Gasteiger partial charge in [-0.3, -0.25) is 13.9 Å². The molecule has 0 bridgehead atoms. The van der Waals surface area contributed by atoms with Gasteiger partial charge in [0.05, 0.1) is 29.1 Å². The summed E-state index contributed by atoms with van der Waals surface area (Å²) in [5, 5.41) is 3.94. The third-order valence-electron chi connectivity index (χ3n) is 7.82. The van der Waals surface area contributed by atoms with E-state index in [0.29, 0.717) is 27.9 Å². The number of nitrogens with one attached hydrogen (secondary N) is 1. The molecule has 1 saturated carbocycles.